The molecule has 2 aromatic rings. The fourth-order valence-corrected chi connectivity index (χ4v) is 2.27. The molecular weight excluding hydrogens is 242 g/mol. The number of aromatic nitrogens is 2. The summed E-state index contributed by atoms with van der Waals surface area (Å²) in [6, 6.07) is 7.88. The molecule has 2 N–H and O–H groups in total. The Morgan fingerprint density at radius 2 is 2.26 bits per heavy atom. The number of benzene rings is 1. The summed E-state index contributed by atoms with van der Waals surface area (Å²) in [4.78, 5) is 11.2. The Morgan fingerprint density at radius 3 is 3.00 bits per heavy atom. The lowest BCUT2D eigenvalue weighted by molar-refractivity contribution is -0.139. The number of aryl methyl sites for hydroxylation is 1. The van der Waals surface area contributed by atoms with Gasteiger partial charge in [0.1, 0.15) is 6.04 Å². The van der Waals surface area contributed by atoms with Gasteiger partial charge in [-0.05, 0) is 25.3 Å². The standard InChI is InChI=1S/C14H17N3O2/c18-14(19)12(16-11-5-6-11)7-8-17-13-4-2-1-3-10(13)9-15-17/h1-4,9,11-12,16H,5-8H2,(H,18,19). The van der Waals surface area contributed by atoms with Gasteiger partial charge in [-0.2, -0.15) is 5.10 Å². The second-order valence-electron chi connectivity index (χ2n) is 5.05. The summed E-state index contributed by atoms with van der Waals surface area (Å²) in [5, 5.41) is 17.8. The summed E-state index contributed by atoms with van der Waals surface area (Å²) in [6.07, 6.45) is 4.56. The Labute approximate surface area is 111 Å². The Hall–Kier alpha value is -1.88. The third-order valence-electron chi connectivity index (χ3n) is 3.49. The largest absolute Gasteiger partial charge is 0.480 e. The molecule has 1 aliphatic rings. The molecule has 1 saturated carbocycles. The fraction of sp³-hybridized carbons (Fsp3) is 0.429. The lowest BCUT2D eigenvalue weighted by Gasteiger charge is -2.14. The summed E-state index contributed by atoms with van der Waals surface area (Å²) in [7, 11) is 0. The molecule has 3 rings (SSSR count). The summed E-state index contributed by atoms with van der Waals surface area (Å²) < 4.78 is 1.87. The van der Waals surface area contributed by atoms with Gasteiger partial charge in [0.15, 0.2) is 0 Å². The number of nitrogens with zero attached hydrogens (tertiary/aromatic N) is 2. The third-order valence-corrected chi connectivity index (χ3v) is 3.49. The molecule has 19 heavy (non-hydrogen) atoms. The molecule has 0 amide bonds. The number of para-hydroxylation sites is 1. The SMILES string of the molecule is O=C(O)C(CCn1ncc2ccccc21)NC1CC1. The van der Waals surface area contributed by atoms with Gasteiger partial charge in [0.25, 0.3) is 0 Å². The minimum Gasteiger partial charge on any atom is -0.480 e. The van der Waals surface area contributed by atoms with E-state index >= 15 is 0 Å². The first-order chi connectivity index (χ1) is 9.24. The first-order valence-corrected chi connectivity index (χ1v) is 6.63. The van der Waals surface area contributed by atoms with Crippen molar-refractivity contribution in [2.24, 2.45) is 0 Å². The van der Waals surface area contributed by atoms with E-state index < -0.39 is 12.0 Å². The maximum Gasteiger partial charge on any atom is 0.320 e. The maximum atomic E-state index is 11.2. The molecule has 1 aliphatic carbocycles. The molecule has 1 unspecified atom stereocenters. The second kappa shape index (κ2) is 5.01. The zero-order valence-corrected chi connectivity index (χ0v) is 10.6. The van der Waals surface area contributed by atoms with Crippen LogP contribution in [0.4, 0.5) is 0 Å². The molecule has 5 heteroatoms. The Bertz CT molecular complexity index is 589. The number of carbonyl (C=O) groups is 1. The number of carboxylic acid groups (broad SMARTS) is 1. The smallest absolute Gasteiger partial charge is 0.320 e. The van der Waals surface area contributed by atoms with E-state index in [1.165, 1.54) is 0 Å². The van der Waals surface area contributed by atoms with Gasteiger partial charge in [-0.25, -0.2) is 0 Å². The Balaban J connectivity index is 1.68. The highest BCUT2D eigenvalue weighted by atomic mass is 16.4. The molecule has 1 atom stereocenters. The van der Waals surface area contributed by atoms with Crippen LogP contribution in [0.25, 0.3) is 10.9 Å². The predicted molar refractivity (Wildman–Crippen MR) is 71.9 cm³/mol. The van der Waals surface area contributed by atoms with Crippen LogP contribution in [0, 0.1) is 0 Å². The topological polar surface area (TPSA) is 67.1 Å². The number of aliphatic carboxylic acids is 1. The normalized spacial score (nSPS) is 16.6. The van der Waals surface area contributed by atoms with Gasteiger partial charge in [-0.1, -0.05) is 18.2 Å². The molecule has 1 heterocycles. The van der Waals surface area contributed by atoms with Crippen molar-refractivity contribution in [2.75, 3.05) is 0 Å². The lowest BCUT2D eigenvalue weighted by Crippen LogP contribution is -2.38. The molecule has 0 aliphatic heterocycles. The highest BCUT2D eigenvalue weighted by molar-refractivity contribution is 5.78. The summed E-state index contributed by atoms with van der Waals surface area (Å²) in [5.74, 6) is -0.775. The summed E-state index contributed by atoms with van der Waals surface area (Å²) in [5.41, 5.74) is 1.05. The van der Waals surface area contributed by atoms with Crippen LogP contribution in [0.3, 0.4) is 0 Å². The van der Waals surface area contributed by atoms with Gasteiger partial charge >= 0.3 is 5.97 Å². The monoisotopic (exact) mass is 259 g/mol. The zero-order chi connectivity index (χ0) is 13.2. The number of hydrogen-bond acceptors (Lipinski definition) is 3. The summed E-state index contributed by atoms with van der Waals surface area (Å²) in [6.45, 7) is 0.615. The number of hydrogen-bond donors (Lipinski definition) is 2. The van der Waals surface area contributed by atoms with Crippen molar-refractivity contribution in [3.05, 3.63) is 30.5 Å². The highest BCUT2D eigenvalue weighted by Crippen LogP contribution is 2.20. The molecular formula is C14H17N3O2. The van der Waals surface area contributed by atoms with Gasteiger partial charge in [-0.15, -0.1) is 0 Å². The van der Waals surface area contributed by atoms with Crippen LogP contribution < -0.4 is 5.32 Å². The van der Waals surface area contributed by atoms with E-state index in [0.717, 1.165) is 23.7 Å². The molecule has 1 aromatic heterocycles. The van der Waals surface area contributed by atoms with Crippen molar-refractivity contribution in [3.8, 4) is 0 Å². The first-order valence-electron chi connectivity index (χ1n) is 6.63. The molecule has 0 bridgehead atoms. The number of nitrogens with one attached hydrogen (secondary N) is 1. The number of carboxylic acids is 1. The van der Waals surface area contributed by atoms with E-state index in [-0.39, 0.29) is 0 Å². The van der Waals surface area contributed by atoms with Crippen molar-refractivity contribution < 1.29 is 9.90 Å². The van der Waals surface area contributed by atoms with Crippen LogP contribution in [-0.4, -0.2) is 32.9 Å². The van der Waals surface area contributed by atoms with Crippen LogP contribution in [0.1, 0.15) is 19.3 Å². The Morgan fingerprint density at radius 1 is 1.47 bits per heavy atom. The molecule has 0 radical (unpaired) electrons. The van der Waals surface area contributed by atoms with Crippen LogP contribution in [0.2, 0.25) is 0 Å². The maximum absolute atomic E-state index is 11.2. The minimum absolute atomic E-state index is 0.399. The van der Waals surface area contributed by atoms with E-state index in [1.807, 2.05) is 35.1 Å². The van der Waals surface area contributed by atoms with E-state index in [1.54, 1.807) is 0 Å². The number of fused-ring (bicyclic) bond motifs is 1. The first kappa shape index (κ1) is 12.2. The van der Waals surface area contributed by atoms with Gasteiger partial charge in [-0.3, -0.25) is 9.48 Å². The average Bonchev–Trinajstić information content (AvgIpc) is 3.13. The van der Waals surface area contributed by atoms with Crippen molar-refractivity contribution in [2.45, 2.75) is 37.9 Å². The lowest BCUT2D eigenvalue weighted by atomic mass is 10.2. The van der Waals surface area contributed by atoms with Crippen molar-refractivity contribution in [1.82, 2.24) is 15.1 Å². The third kappa shape index (κ3) is 2.76. The molecule has 100 valence electrons. The zero-order valence-electron chi connectivity index (χ0n) is 10.6. The van der Waals surface area contributed by atoms with E-state index in [9.17, 15) is 9.90 Å². The molecule has 0 spiro atoms. The molecule has 1 fully saturated rings. The van der Waals surface area contributed by atoms with Crippen LogP contribution >= 0.6 is 0 Å². The van der Waals surface area contributed by atoms with Crippen molar-refractivity contribution >= 4 is 16.9 Å². The van der Waals surface area contributed by atoms with E-state index in [2.05, 4.69) is 10.4 Å². The average molecular weight is 259 g/mol. The quantitative estimate of drug-likeness (QED) is 0.827. The van der Waals surface area contributed by atoms with Gasteiger partial charge in [0, 0.05) is 18.0 Å². The highest BCUT2D eigenvalue weighted by Gasteiger charge is 2.28. The Kier molecular flexibility index (Phi) is 3.21. The molecule has 0 saturated heterocycles. The minimum atomic E-state index is -0.775. The van der Waals surface area contributed by atoms with Gasteiger partial charge < -0.3 is 10.4 Å². The van der Waals surface area contributed by atoms with Gasteiger partial charge in [0.05, 0.1) is 11.7 Å². The van der Waals surface area contributed by atoms with Crippen molar-refractivity contribution in [3.63, 3.8) is 0 Å². The van der Waals surface area contributed by atoms with Crippen molar-refractivity contribution in [1.29, 1.82) is 0 Å². The second-order valence-corrected chi connectivity index (χ2v) is 5.05. The van der Waals surface area contributed by atoms with Gasteiger partial charge in [0.2, 0.25) is 0 Å². The summed E-state index contributed by atoms with van der Waals surface area (Å²) >= 11 is 0. The van der Waals surface area contributed by atoms with Crippen LogP contribution in [0.15, 0.2) is 30.5 Å². The van der Waals surface area contributed by atoms with E-state index in [0.29, 0.717) is 19.0 Å². The van der Waals surface area contributed by atoms with E-state index in [4.69, 9.17) is 0 Å². The molecule has 1 aromatic carbocycles. The van der Waals surface area contributed by atoms with Crippen LogP contribution in [-0.2, 0) is 11.3 Å². The predicted octanol–water partition coefficient (Wildman–Crippen LogP) is 1.63. The van der Waals surface area contributed by atoms with Crippen LogP contribution in [0.5, 0.6) is 0 Å². The molecule has 5 nitrogen and oxygen atoms in total. The number of rotatable bonds is 6. The fourth-order valence-electron chi connectivity index (χ4n) is 2.27.